The van der Waals surface area contributed by atoms with Gasteiger partial charge in [-0.25, -0.2) is 4.98 Å². The second-order valence-corrected chi connectivity index (χ2v) is 4.64. The van der Waals surface area contributed by atoms with E-state index in [4.69, 9.17) is 10.00 Å². The lowest BCUT2D eigenvalue weighted by Gasteiger charge is -2.09. The Morgan fingerprint density at radius 3 is 2.58 bits per heavy atom. The molecule has 0 bridgehead atoms. The van der Waals surface area contributed by atoms with E-state index in [0.717, 1.165) is 11.3 Å². The molecule has 0 amide bonds. The topological polar surface area (TPSA) is 45.9 Å². The summed E-state index contributed by atoms with van der Waals surface area (Å²) in [5.41, 5.74) is 2.51. The Labute approximate surface area is 113 Å². The monoisotopic (exact) mass is 252 g/mol. The highest BCUT2D eigenvalue weighted by Crippen LogP contribution is 2.19. The van der Waals surface area contributed by atoms with Gasteiger partial charge in [-0.2, -0.15) is 5.26 Å². The van der Waals surface area contributed by atoms with Crippen molar-refractivity contribution >= 4 is 0 Å². The first-order valence-corrected chi connectivity index (χ1v) is 6.27. The Morgan fingerprint density at radius 1 is 1.21 bits per heavy atom. The fourth-order valence-corrected chi connectivity index (χ4v) is 1.77. The van der Waals surface area contributed by atoms with Crippen LogP contribution in [0, 0.1) is 11.3 Å². The summed E-state index contributed by atoms with van der Waals surface area (Å²) in [6.07, 6.45) is 1.61. The van der Waals surface area contributed by atoms with Crippen LogP contribution < -0.4 is 4.74 Å². The molecule has 0 saturated carbocycles. The smallest absolute Gasteiger partial charge is 0.147 e. The minimum absolute atomic E-state index is 0.359. The summed E-state index contributed by atoms with van der Waals surface area (Å²) >= 11 is 0. The summed E-state index contributed by atoms with van der Waals surface area (Å²) in [6, 6.07) is 13.8. The van der Waals surface area contributed by atoms with Crippen LogP contribution in [0.1, 0.15) is 36.6 Å². The highest BCUT2D eigenvalue weighted by molar-refractivity contribution is 5.32. The predicted molar refractivity (Wildman–Crippen MR) is 73.8 cm³/mol. The van der Waals surface area contributed by atoms with Crippen LogP contribution in [0.5, 0.6) is 5.75 Å². The summed E-state index contributed by atoms with van der Waals surface area (Å²) in [5, 5.41) is 8.95. The van der Waals surface area contributed by atoms with E-state index in [9.17, 15) is 0 Å². The van der Waals surface area contributed by atoms with Gasteiger partial charge in [-0.05, 0) is 29.7 Å². The van der Waals surface area contributed by atoms with Crippen LogP contribution in [0.2, 0.25) is 0 Å². The van der Waals surface area contributed by atoms with Crippen molar-refractivity contribution < 1.29 is 4.74 Å². The quantitative estimate of drug-likeness (QED) is 0.834. The summed E-state index contributed by atoms with van der Waals surface area (Å²) in [6.45, 7) is 4.67. The van der Waals surface area contributed by atoms with Gasteiger partial charge in [-0.15, -0.1) is 0 Å². The molecule has 0 aliphatic heterocycles. The van der Waals surface area contributed by atoms with Gasteiger partial charge in [0.2, 0.25) is 0 Å². The molecule has 2 aromatic rings. The van der Waals surface area contributed by atoms with E-state index in [1.54, 1.807) is 12.3 Å². The lowest BCUT2D eigenvalue weighted by atomic mass is 10.0. The van der Waals surface area contributed by atoms with E-state index >= 15 is 0 Å². The Bertz CT molecular complexity index is 582. The molecule has 1 heterocycles. The number of nitrogens with zero attached hydrogens (tertiary/aromatic N) is 2. The first-order chi connectivity index (χ1) is 9.20. The normalized spacial score (nSPS) is 10.2. The molecule has 0 fully saturated rings. The molecule has 3 heteroatoms. The number of ether oxygens (including phenoxy) is 1. The van der Waals surface area contributed by atoms with Gasteiger partial charge in [0.1, 0.15) is 24.1 Å². The minimum Gasteiger partial charge on any atom is -0.489 e. The van der Waals surface area contributed by atoms with Crippen LogP contribution in [-0.2, 0) is 6.61 Å². The molecule has 0 aliphatic carbocycles. The number of hydrogen-bond donors (Lipinski definition) is 0. The average Bonchev–Trinajstić information content (AvgIpc) is 2.45. The van der Waals surface area contributed by atoms with E-state index in [1.165, 1.54) is 5.56 Å². The second-order valence-electron chi connectivity index (χ2n) is 4.64. The van der Waals surface area contributed by atoms with Gasteiger partial charge in [-0.1, -0.05) is 32.0 Å². The van der Waals surface area contributed by atoms with Crippen molar-refractivity contribution in [3.8, 4) is 11.8 Å². The molecule has 1 aromatic carbocycles. The van der Waals surface area contributed by atoms with Gasteiger partial charge in [0.15, 0.2) is 0 Å². The van der Waals surface area contributed by atoms with E-state index in [0.29, 0.717) is 18.2 Å². The van der Waals surface area contributed by atoms with Crippen molar-refractivity contribution in [2.24, 2.45) is 0 Å². The Morgan fingerprint density at radius 2 is 1.95 bits per heavy atom. The molecule has 3 nitrogen and oxygen atoms in total. The molecule has 19 heavy (non-hydrogen) atoms. The van der Waals surface area contributed by atoms with E-state index in [1.807, 2.05) is 18.2 Å². The maximum atomic E-state index is 8.95. The minimum atomic E-state index is 0.359. The van der Waals surface area contributed by atoms with Gasteiger partial charge in [0, 0.05) is 11.8 Å². The first-order valence-electron chi connectivity index (χ1n) is 6.27. The number of nitriles is 1. The number of aromatic nitrogens is 1. The van der Waals surface area contributed by atoms with Crippen molar-refractivity contribution in [3.05, 3.63) is 59.4 Å². The van der Waals surface area contributed by atoms with Gasteiger partial charge < -0.3 is 4.74 Å². The van der Waals surface area contributed by atoms with Crippen molar-refractivity contribution in [2.45, 2.75) is 26.4 Å². The third-order valence-electron chi connectivity index (χ3n) is 2.94. The second kappa shape index (κ2) is 6.01. The first kappa shape index (κ1) is 13.1. The van der Waals surface area contributed by atoms with Crippen LogP contribution in [0.15, 0.2) is 42.6 Å². The van der Waals surface area contributed by atoms with E-state index in [2.05, 4.69) is 37.0 Å². The summed E-state index contributed by atoms with van der Waals surface area (Å²) in [7, 11) is 0. The maximum Gasteiger partial charge on any atom is 0.147 e. The van der Waals surface area contributed by atoms with Crippen molar-refractivity contribution in [1.82, 2.24) is 4.98 Å². The molecular formula is C16H16N2O. The molecule has 0 spiro atoms. The predicted octanol–water partition coefficient (Wildman–Crippen LogP) is 3.66. The number of pyridine rings is 1. The molecular weight excluding hydrogens is 236 g/mol. The van der Waals surface area contributed by atoms with Crippen LogP contribution in [-0.4, -0.2) is 4.98 Å². The van der Waals surface area contributed by atoms with Crippen LogP contribution >= 0.6 is 0 Å². The number of rotatable bonds is 4. The molecule has 0 aliphatic rings. The zero-order chi connectivity index (χ0) is 13.7. The summed E-state index contributed by atoms with van der Waals surface area (Å²) < 4.78 is 5.68. The highest BCUT2D eigenvalue weighted by atomic mass is 16.5. The fraction of sp³-hybridized carbons (Fsp3) is 0.250. The van der Waals surface area contributed by atoms with Crippen LogP contribution in [0.3, 0.4) is 0 Å². The van der Waals surface area contributed by atoms with Gasteiger partial charge in [-0.3, -0.25) is 0 Å². The summed E-state index contributed by atoms with van der Waals surface area (Å²) in [5.74, 6) is 1.31. The third-order valence-corrected chi connectivity index (χ3v) is 2.94. The molecule has 0 atom stereocenters. The van der Waals surface area contributed by atoms with Crippen molar-refractivity contribution in [1.29, 1.82) is 5.26 Å². The van der Waals surface area contributed by atoms with Crippen LogP contribution in [0.4, 0.5) is 0 Å². The SMILES string of the molecule is CC(C)c1ccc(OCc2cccnc2C#N)cc1. The molecule has 2 rings (SSSR count). The zero-order valence-corrected chi connectivity index (χ0v) is 11.1. The Balaban J connectivity index is 2.04. The lowest BCUT2D eigenvalue weighted by Crippen LogP contribution is -2.00. The lowest BCUT2D eigenvalue weighted by molar-refractivity contribution is 0.305. The standard InChI is InChI=1S/C16H16N2O/c1-12(2)13-5-7-15(8-6-13)19-11-14-4-3-9-18-16(14)10-17/h3-9,12H,11H2,1-2H3. The Kier molecular flexibility index (Phi) is 4.15. The molecule has 0 saturated heterocycles. The van der Waals surface area contributed by atoms with Crippen LogP contribution in [0.25, 0.3) is 0 Å². The van der Waals surface area contributed by atoms with Gasteiger partial charge in [0.05, 0.1) is 0 Å². The fourth-order valence-electron chi connectivity index (χ4n) is 1.77. The average molecular weight is 252 g/mol. The van der Waals surface area contributed by atoms with Gasteiger partial charge in [0.25, 0.3) is 0 Å². The van der Waals surface area contributed by atoms with E-state index < -0.39 is 0 Å². The highest BCUT2D eigenvalue weighted by Gasteiger charge is 2.04. The number of hydrogen-bond acceptors (Lipinski definition) is 3. The maximum absolute atomic E-state index is 8.95. The van der Waals surface area contributed by atoms with Gasteiger partial charge >= 0.3 is 0 Å². The molecule has 1 aromatic heterocycles. The third kappa shape index (κ3) is 3.32. The number of benzene rings is 1. The molecule has 0 N–H and O–H groups in total. The van der Waals surface area contributed by atoms with Crippen molar-refractivity contribution in [2.75, 3.05) is 0 Å². The Hall–Kier alpha value is -2.34. The summed E-state index contributed by atoms with van der Waals surface area (Å²) in [4.78, 5) is 4.01. The molecule has 0 unspecified atom stereocenters. The molecule has 0 radical (unpaired) electrons. The molecule has 96 valence electrons. The zero-order valence-electron chi connectivity index (χ0n) is 11.1. The van der Waals surface area contributed by atoms with E-state index in [-0.39, 0.29) is 0 Å². The largest absolute Gasteiger partial charge is 0.489 e. The van der Waals surface area contributed by atoms with Crippen molar-refractivity contribution in [3.63, 3.8) is 0 Å².